The van der Waals surface area contributed by atoms with Gasteiger partial charge in [-0.3, -0.25) is 4.79 Å². The van der Waals surface area contributed by atoms with Crippen molar-refractivity contribution in [1.29, 1.82) is 0 Å². The monoisotopic (exact) mass is 406 g/mol. The molecule has 158 valence electrons. The molecule has 4 atom stereocenters. The predicted octanol–water partition coefficient (Wildman–Crippen LogP) is 1.87. The van der Waals surface area contributed by atoms with Gasteiger partial charge in [-0.05, 0) is 39.7 Å². The van der Waals surface area contributed by atoms with E-state index in [0.717, 1.165) is 0 Å². The molecular weight excluding hydrogens is 380 g/mol. The molecule has 2 aliphatic heterocycles. The predicted molar refractivity (Wildman–Crippen MR) is 100 cm³/mol. The minimum Gasteiger partial charge on any atom is -0.461 e. The third-order valence-corrected chi connectivity index (χ3v) is 5.36. The largest absolute Gasteiger partial charge is 0.461 e. The van der Waals surface area contributed by atoms with Gasteiger partial charge in [-0.15, -0.1) is 0 Å². The molecule has 2 heterocycles. The molecular formula is C21H26O8. The second kappa shape index (κ2) is 7.42. The summed E-state index contributed by atoms with van der Waals surface area (Å²) in [6, 6.07) is 0. The number of carbonyl (C=O) groups is 3. The van der Waals surface area contributed by atoms with E-state index in [0.29, 0.717) is 12.8 Å². The summed E-state index contributed by atoms with van der Waals surface area (Å²) in [5.74, 6) is -1.80. The van der Waals surface area contributed by atoms with Crippen molar-refractivity contribution in [2.45, 2.75) is 70.4 Å². The van der Waals surface area contributed by atoms with Gasteiger partial charge in [0.1, 0.15) is 18.5 Å². The first-order valence-electron chi connectivity index (χ1n) is 9.50. The Balaban J connectivity index is 2.10. The van der Waals surface area contributed by atoms with Crippen LogP contribution >= 0.6 is 0 Å². The Bertz CT molecular complexity index is 834. The van der Waals surface area contributed by atoms with Gasteiger partial charge in [0, 0.05) is 24.5 Å². The number of aliphatic hydroxyl groups is 1. The summed E-state index contributed by atoms with van der Waals surface area (Å²) in [6.07, 6.45) is 1.72. The van der Waals surface area contributed by atoms with Gasteiger partial charge in [0.15, 0.2) is 0 Å². The van der Waals surface area contributed by atoms with E-state index in [4.69, 9.17) is 18.9 Å². The highest BCUT2D eigenvalue weighted by Gasteiger charge is 2.55. The quantitative estimate of drug-likeness (QED) is 0.326. The first kappa shape index (κ1) is 21.3. The van der Waals surface area contributed by atoms with Crippen molar-refractivity contribution in [3.8, 4) is 0 Å². The molecule has 0 amide bonds. The van der Waals surface area contributed by atoms with Crippen molar-refractivity contribution in [3.05, 3.63) is 35.1 Å². The zero-order valence-electron chi connectivity index (χ0n) is 17.1. The molecule has 1 saturated heterocycles. The minimum atomic E-state index is -1.27. The van der Waals surface area contributed by atoms with Crippen LogP contribution in [0.15, 0.2) is 35.1 Å². The molecule has 0 saturated carbocycles. The summed E-state index contributed by atoms with van der Waals surface area (Å²) >= 11 is 0. The zero-order chi connectivity index (χ0) is 21.6. The van der Waals surface area contributed by atoms with E-state index < -0.39 is 35.2 Å². The summed E-state index contributed by atoms with van der Waals surface area (Å²) in [5.41, 5.74) is -1.30. The Labute approximate surface area is 169 Å². The fourth-order valence-corrected chi connectivity index (χ4v) is 3.66. The fraction of sp³-hybridized carbons (Fsp3) is 0.571. The van der Waals surface area contributed by atoms with E-state index in [1.54, 1.807) is 6.92 Å². The highest BCUT2D eigenvalue weighted by molar-refractivity contribution is 5.96. The second-order valence-corrected chi connectivity index (χ2v) is 8.26. The molecule has 1 aliphatic carbocycles. The van der Waals surface area contributed by atoms with E-state index in [-0.39, 0.29) is 41.6 Å². The van der Waals surface area contributed by atoms with Gasteiger partial charge in [-0.25, -0.2) is 9.59 Å². The maximum Gasteiger partial charge on any atom is 0.343 e. The first-order chi connectivity index (χ1) is 13.4. The van der Waals surface area contributed by atoms with E-state index >= 15 is 0 Å². The molecule has 0 aromatic rings. The van der Waals surface area contributed by atoms with Gasteiger partial charge < -0.3 is 24.1 Å². The third kappa shape index (κ3) is 4.59. The van der Waals surface area contributed by atoms with Gasteiger partial charge in [0.25, 0.3) is 0 Å². The molecule has 0 spiro atoms. The Morgan fingerprint density at radius 1 is 1.34 bits per heavy atom. The number of epoxide rings is 1. The van der Waals surface area contributed by atoms with Gasteiger partial charge in [0.2, 0.25) is 0 Å². The normalized spacial score (nSPS) is 33.7. The van der Waals surface area contributed by atoms with Crippen molar-refractivity contribution < 1.29 is 38.4 Å². The lowest BCUT2D eigenvalue weighted by Gasteiger charge is -2.26. The average Bonchev–Trinajstić information content (AvgIpc) is 3.13. The molecule has 4 unspecified atom stereocenters. The number of hydrogen-bond donors (Lipinski definition) is 1. The highest BCUT2D eigenvalue weighted by atomic mass is 16.6. The summed E-state index contributed by atoms with van der Waals surface area (Å²) in [6.45, 7) is 9.51. The topological polar surface area (TPSA) is 112 Å². The molecule has 3 rings (SSSR count). The van der Waals surface area contributed by atoms with Crippen LogP contribution in [0.3, 0.4) is 0 Å². The molecule has 29 heavy (non-hydrogen) atoms. The molecule has 1 N–H and O–H groups in total. The number of carbonyl (C=O) groups excluding carboxylic acids is 3. The van der Waals surface area contributed by atoms with Crippen LogP contribution in [-0.4, -0.2) is 53.0 Å². The number of rotatable bonds is 4. The van der Waals surface area contributed by atoms with Crippen molar-refractivity contribution >= 4 is 17.9 Å². The summed E-state index contributed by atoms with van der Waals surface area (Å²) in [4.78, 5) is 36.1. The van der Waals surface area contributed by atoms with Crippen LogP contribution in [-0.2, 0) is 33.3 Å². The number of ether oxygens (including phenoxy) is 4. The van der Waals surface area contributed by atoms with Crippen LogP contribution in [0, 0.1) is 0 Å². The molecule has 8 nitrogen and oxygen atoms in total. The lowest BCUT2D eigenvalue weighted by atomic mass is 9.86. The lowest BCUT2D eigenvalue weighted by molar-refractivity contribution is -0.144. The van der Waals surface area contributed by atoms with Crippen molar-refractivity contribution in [3.63, 3.8) is 0 Å². The van der Waals surface area contributed by atoms with Gasteiger partial charge in [-0.1, -0.05) is 6.58 Å². The van der Waals surface area contributed by atoms with Crippen LogP contribution in [0.25, 0.3) is 0 Å². The van der Waals surface area contributed by atoms with Crippen LogP contribution in [0.4, 0.5) is 0 Å². The van der Waals surface area contributed by atoms with Crippen LogP contribution < -0.4 is 0 Å². The van der Waals surface area contributed by atoms with Crippen molar-refractivity contribution in [2.75, 3.05) is 6.61 Å². The molecule has 3 aliphatic rings. The lowest BCUT2D eigenvalue weighted by Crippen LogP contribution is -2.31. The molecule has 0 bridgehead atoms. The zero-order valence-corrected chi connectivity index (χ0v) is 17.1. The minimum absolute atomic E-state index is 0.0724. The van der Waals surface area contributed by atoms with E-state index in [2.05, 4.69) is 6.58 Å². The molecule has 1 fully saturated rings. The average molecular weight is 406 g/mol. The number of hydrogen-bond acceptors (Lipinski definition) is 8. The summed E-state index contributed by atoms with van der Waals surface area (Å²) in [5, 5.41) is 10.8. The van der Waals surface area contributed by atoms with E-state index in [1.807, 2.05) is 6.92 Å². The molecule has 8 heteroatoms. The Hall–Kier alpha value is -2.45. The van der Waals surface area contributed by atoms with Crippen LogP contribution in [0.1, 0.15) is 47.0 Å². The maximum absolute atomic E-state index is 12.5. The van der Waals surface area contributed by atoms with Gasteiger partial charge in [0.05, 0.1) is 22.9 Å². The molecule has 0 aromatic heterocycles. The van der Waals surface area contributed by atoms with Crippen LogP contribution in [0.5, 0.6) is 0 Å². The first-order valence-corrected chi connectivity index (χ1v) is 9.50. The van der Waals surface area contributed by atoms with E-state index in [1.165, 1.54) is 19.9 Å². The van der Waals surface area contributed by atoms with Gasteiger partial charge in [-0.2, -0.15) is 0 Å². The Morgan fingerprint density at radius 2 is 2.03 bits per heavy atom. The van der Waals surface area contributed by atoms with Crippen LogP contribution in [0.2, 0.25) is 0 Å². The molecule has 0 radical (unpaired) electrons. The SMILES string of the molecule is C=C(C)C(=O)OC1CC2(C)OC2CCC(C)(O)C=C2OC(=O)C(COC(C)=O)=C21. The Morgan fingerprint density at radius 3 is 2.66 bits per heavy atom. The Kier molecular flexibility index (Phi) is 5.44. The summed E-state index contributed by atoms with van der Waals surface area (Å²) < 4.78 is 21.9. The highest BCUT2D eigenvalue weighted by Crippen LogP contribution is 2.48. The van der Waals surface area contributed by atoms with Crippen molar-refractivity contribution in [1.82, 2.24) is 0 Å². The fourth-order valence-electron chi connectivity index (χ4n) is 3.66. The molecule has 0 aromatic carbocycles. The van der Waals surface area contributed by atoms with Crippen molar-refractivity contribution in [2.24, 2.45) is 0 Å². The van der Waals surface area contributed by atoms with E-state index in [9.17, 15) is 19.5 Å². The standard InChI is InChI=1S/C21H26O8/c1-11(2)18(23)27-15-9-21(5)16(29-21)6-7-20(4,25)8-14-17(15)13(19(24)28-14)10-26-12(3)22/h8,15-16,25H,1,6-7,9-10H2,2-5H3. The summed E-state index contributed by atoms with van der Waals surface area (Å²) in [7, 11) is 0. The number of esters is 3. The smallest absolute Gasteiger partial charge is 0.343 e. The second-order valence-electron chi connectivity index (χ2n) is 8.26. The number of fused-ring (bicyclic) bond motifs is 2. The maximum atomic E-state index is 12.5. The van der Waals surface area contributed by atoms with Gasteiger partial charge >= 0.3 is 17.9 Å². The third-order valence-electron chi connectivity index (χ3n) is 5.36.